The van der Waals surface area contributed by atoms with Gasteiger partial charge in [-0.25, -0.2) is 4.98 Å². The summed E-state index contributed by atoms with van der Waals surface area (Å²) in [6.07, 6.45) is 5.27. The third kappa shape index (κ3) is 2.71. The molecule has 0 atom stereocenters. The van der Waals surface area contributed by atoms with Crippen LogP contribution in [0.5, 0.6) is 0 Å². The van der Waals surface area contributed by atoms with Gasteiger partial charge in [-0.05, 0) is 12.1 Å². The predicted octanol–water partition coefficient (Wildman–Crippen LogP) is 3.45. The molecule has 0 aliphatic rings. The molecule has 0 amide bonds. The molecule has 1 heterocycles. The first-order valence-corrected chi connectivity index (χ1v) is 9.15. The Kier molecular flexibility index (Phi) is 3.24. The van der Waals surface area contributed by atoms with Gasteiger partial charge in [-0.1, -0.05) is 37.8 Å². The maximum Gasteiger partial charge on any atom is 0.155 e. The lowest BCUT2D eigenvalue weighted by atomic mass is 10.3. The first-order valence-electron chi connectivity index (χ1n) is 5.70. The highest BCUT2D eigenvalue weighted by atomic mass is 28.3. The molecule has 1 aromatic carbocycles. The molecule has 17 heavy (non-hydrogen) atoms. The van der Waals surface area contributed by atoms with Crippen LogP contribution in [0.3, 0.4) is 0 Å². The van der Waals surface area contributed by atoms with E-state index in [9.17, 15) is 0 Å². The van der Waals surface area contributed by atoms with Crippen molar-refractivity contribution in [2.24, 2.45) is 0 Å². The first-order chi connectivity index (χ1) is 8.09. The van der Waals surface area contributed by atoms with Crippen molar-refractivity contribution in [3.63, 3.8) is 0 Å². The Morgan fingerprint density at radius 1 is 1.00 bits per heavy atom. The third-order valence-corrected chi connectivity index (χ3v) is 4.29. The van der Waals surface area contributed by atoms with Crippen LogP contribution in [0.1, 0.15) is 0 Å². The van der Waals surface area contributed by atoms with Crippen molar-refractivity contribution in [1.29, 1.82) is 0 Å². The Balaban J connectivity index is 2.48. The van der Waals surface area contributed by atoms with Crippen molar-refractivity contribution in [2.75, 3.05) is 4.57 Å². The molecule has 0 aliphatic heterocycles. The van der Waals surface area contributed by atoms with Crippen LogP contribution in [0.15, 0.2) is 48.9 Å². The highest BCUT2D eigenvalue weighted by Gasteiger charge is 2.26. The molecule has 0 fully saturated rings. The molecule has 0 N–H and O–H groups in total. The van der Waals surface area contributed by atoms with Gasteiger partial charge in [-0.2, -0.15) is 0 Å². The highest BCUT2D eigenvalue weighted by Crippen LogP contribution is 2.28. The van der Waals surface area contributed by atoms with Gasteiger partial charge in [0.15, 0.2) is 8.24 Å². The summed E-state index contributed by atoms with van der Waals surface area (Å²) in [6, 6.07) is 10.4. The fourth-order valence-electron chi connectivity index (χ4n) is 1.85. The predicted molar refractivity (Wildman–Crippen MR) is 74.0 cm³/mol. The maximum atomic E-state index is 4.42. The van der Waals surface area contributed by atoms with Crippen molar-refractivity contribution in [1.82, 2.24) is 9.97 Å². The second-order valence-corrected chi connectivity index (χ2v) is 9.69. The smallest absolute Gasteiger partial charge is 0.155 e. The number of rotatable bonds is 3. The van der Waals surface area contributed by atoms with Gasteiger partial charge in [0.2, 0.25) is 0 Å². The van der Waals surface area contributed by atoms with Crippen LogP contribution in [0, 0.1) is 0 Å². The molecule has 0 unspecified atom stereocenters. The minimum absolute atomic E-state index is 0.929. The largest absolute Gasteiger partial charge is 0.353 e. The van der Waals surface area contributed by atoms with Crippen molar-refractivity contribution >= 4 is 19.7 Å². The van der Waals surface area contributed by atoms with Crippen LogP contribution in [-0.2, 0) is 0 Å². The Bertz CT molecular complexity index is 426. The monoisotopic (exact) mass is 243 g/mol. The molecule has 0 saturated carbocycles. The summed E-state index contributed by atoms with van der Waals surface area (Å²) >= 11 is 0. The SMILES string of the molecule is C[Si](C)(C)N(c1ccccc1)c1cnccn1. The van der Waals surface area contributed by atoms with Crippen LogP contribution >= 0.6 is 0 Å². The Hall–Kier alpha value is -1.68. The number of para-hydroxylation sites is 1. The lowest BCUT2D eigenvalue weighted by Crippen LogP contribution is -2.43. The van der Waals surface area contributed by atoms with Gasteiger partial charge in [0.05, 0.1) is 6.20 Å². The molecule has 88 valence electrons. The van der Waals surface area contributed by atoms with Crippen LogP contribution < -0.4 is 4.57 Å². The molecule has 2 rings (SSSR count). The number of nitrogens with zero attached hydrogens (tertiary/aromatic N) is 3. The number of benzene rings is 1. The number of hydrogen-bond acceptors (Lipinski definition) is 3. The summed E-state index contributed by atoms with van der Waals surface area (Å²) in [5.41, 5.74) is 1.19. The van der Waals surface area contributed by atoms with Crippen LogP contribution in [0.4, 0.5) is 11.5 Å². The van der Waals surface area contributed by atoms with E-state index in [0.29, 0.717) is 0 Å². The Labute approximate surface area is 103 Å². The molecule has 3 nitrogen and oxygen atoms in total. The molecule has 4 heteroatoms. The maximum absolute atomic E-state index is 4.42. The minimum Gasteiger partial charge on any atom is -0.353 e. The zero-order chi connectivity index (χ0) is 12.3. The van der Waals surface area contributed by atoms with Gasteiger partial charge in [-0.15, -0.1) is 0 Å². The van der Waals surface area contributed by atoms with E-state index in [-0.39, 0.29) is 0 Å². The van der Waals surface area contributed by atoms with Gasteiger partial charge in [0, 0.05) is 18.1 Å². The van der Waals surface area contributed by atoms with Gasteiger partial charge in [0.1, 0.15) is 5.82 Å². The van der Waals surface area contributed by atoms with Crippen LogP contribution in [-0.4, -0.2) is 18.2 Å². The molecule has 0 bridgehead atoms. The topological polar surface area (TPSA) is 29.0 Å². The molecule has 0 spiro atoms. The van der Waals surface area contributed by atoms with E-state index in [1.54, 1.807) is 12.4 Å². The number of aromatic nitrogens is 2. The Morgan fingerprint density at radius 2 is 1.71 bits per heavy atom. The molecule has 1 aromatic heterocycles. The lowest BCUT2D eigenvalue weighted by Gasteiger charge is -2.35. The van der Waals surface area contributed by atoms with E-state index >= 15 is 0 Å². The third-order valence-electron chi connectivity index (χ3n) is 2.46. The molecular formula is C13H17N3Si. The number of anilines is 2. The highest BCUT2D eigenvalue weighted by molar-refractivity contribution is 6.80. The summed E-state index contributed by atoms with van der Waals surface area (Å²) in [5, 5.41) is 0. The van der Waals surface area contributed by atoms with Crippen molar-refractivity contribution < 1.29 is 0 Å². The fourth-order valence-corrected chi connectivity index (χ4v) is 3.57. The van der Waals surface area contributed by atoms with E-state index in [4.69, 9.17) is 0 Å². The second-order valence-electron chi connectivity index (χ2n) is 4.91. The molecular weight excluding hydrogens is 226 g/mol. The van der Waals surface area contributed by atoms with E-state index < -0.39 is 8.24 Å². The van der Waals surface area contributed by atoms with Crippen LogP contribution in [0.2, 0.25) is 19.6 Å². The zero-order valence-electron chi connectivity index (χ0n) is 10.5. The van der Waals surface area contributed by atoms with E-state index in [1.807, 2.05) is 12.3 Å². The quantitative estimate of drug-likeness (QED) is 0.773. The van der Waals surface area contributed by atoms with E-state index in [2.05, 4.69) is 58.4 Å². The van der Waals surface area contributed by atoms with Gasteiger partial charge in [-0.3, -0.25) is 4.98 Å². The zero-order valence-corrected chi connectivity index (χ0v) is 11.5. The second kappa shape index (κ2) is 4.67. The summed E-state index contributed by atoms with van der Waals surface area (Å²) in [4.78, 5) is 8.58. The number of hydrogen-bond donors (Lipinski definition) is 0. The average Bonchev–Trinajstić information content (AvgIpc) is 2.30. The van der Waals surface area contributed by atoms with Gasteiger partial charge < -0.3 is 4.57 Å². The van der Waals surface area contributed by atoms with E-state index in [0.717, 1.165) is 5.82 Å². The van der Waals surface area contributed by atoms with Gasteiger partial charge >= 0.3 is 0 Å². The molecule has 2 aromatic rings. The average molecular weight is 243 g/mol. The summed E-state index contributed by atoms with van der Waals surface area (Å²) in [5.74, 6) is 0.929. The first kappa shape index (κ1) is 11.8. The fraction of sp³-hybridized carbons (Fsp3) is 0.231. The molecule has 0 saturated heterocycles. The summed E-state index contributed by atoms with van der Waals surface area (Å²) < 4.78 is 2.32. The van der Waals surface area contributed by atoms with Crippen molar-refractivity contribution in [2.45, 2.75) is 19.6 Å². The van der Waals surface area contributed by atoms with Gasteiger partial charge in [0.25, 0.3) is 0 Å². The van der Waals surface area contributed by atoms with Crippen molar-refractivity contribution in [3.05, 3.63) is 48.9 Å². The van der Waals surface area contributed by atoms with Crippen LogP contribution in [0.25, 0.3) is 0 Å². The minimum atomic E-state index is -1.54. The summed E-state index contributed by atoms with van der Waals surface area (Å²) in [6.45, 7) is 6.90. The Morgan fingerprint density at radius 3 is 2.24 bits per heavy atom. The molecule has 0 aliphatic carbocycles. The molecule has 0 radical (unpaired) electrons. The normalized spacial score (nSPS) is 11.2. The summed E-state index contributed by atoms with van der Waals surface area (Å²) in [7, 11) is -1.54. The van der Waals surface area contributed by atoms with E-state index in [1.165, 1.54) is 5.69 Å². The standard InChI is InChI=1S/C13H17N3Si/c1-17(2,3)16(12-7-5-4-6-8-12)13-11-14-9-10-15-13/h4-11H,1-3H3. The van der Waals surface area contributed by atoms with Crippen molar-refractivity contribution in [3.8, 4) is 0 Å². The lowest BCUT2D eigenvalue weighted by molar-refractivity contribution is 1.14.